The van der Waals surface area contributed by atoms with Crippen LogP contribution in [-0.2, 0) is 13.1 Å². The Labute approximate surface area is 186 Å². The molecule has 0 atom stereocenters. The largest absolute Gasteiger partial charge is 0.477 e. The van der Waals surface area contributed by atoms with Crippen molar-refractivity contribution in [1.82, 2.24) is 20.5 Å². The number of rotatable bonds is 9. The van der Waals surface area contributed by atoms with Gasteiger partial charge in [-0.15, -0.1) is 0 Å². The van der Waals surface area contributed by atoms with Crippen LogP contribution in [0, 0.1) is 5.92 Å². The minimum Gasteiger partial charge on any atom is -0.477 e. The van der Waals surface area contributed by atoms with Crippen molar-refractivity contribution in [2.75, 3.05) is 26.2 Å². The molecule has 0 amide bonds. The van der Waals surface area contributed by atoms with Gasteiger partial charge in [-0.25, -0.2) is 9.98 Å². The van der Waals surface area contributed by atoms with Gasteiger partial charge in [0, 0.05) is 44.5 Å². The van der Waals surface area contributed by atoms with Crippen molar-refractivity contribution in [1.29, 1.82) is 0 Å². The molecule has 1 aromatic carbocycles. The normalized spacial score (nSPS) is 18.0. The van der Waals surface area contributed by atoms with Crippen LogP contribution in [0.3, 0.4) is 0 Å². The maximum atomic E-state index is 5.72. The van der Waals surface area contributed by atoms with Crippen LogP contribution in [0.1, 0.15) is 43.7 Å². The van der Waals surface area contributed by atoms with E-state index >= 15 is 0 Å². The fraction of sp³-hybridized carbons (Fsp3) is 0.520. The minimum atomic E-state index is 0.459. The first-order valence-corrected chi connectivity index (χ1v) is 11.7. The number of likely N-dealkylation sites (tertiary alicyclic amines) is 1. The molecule has 1 aliphatic heterocycles. The lowest BCUT2D eigenvalue weighted by molar-refractivity contribution is 0.198. The Morgan fingerprint density at radius 3 is 2.55 bits per heavy atom. The molecular formula is C25H35N5O. The van der Waals surface area contributed by atoms with Crippen molar-refractivity contribution in [2.45, 2.75) is 51.7 Å². The lowest BCUT2D eigenvalue weighted by atomic mass is 10.0. The second-order valence-corrected chi connectivity index (χ2v) is 8.63. The summed E-state index contributed by atoms with van der Waals surface area (Å²) in [6.07, 6.45) is 6.72. The van der Waals surface area contributed by atoms with Gasteiger partial charge in [0.25, 0.3) is 0 Å². The lowest BCUT2D eigenvalue weighted by Gasteiger charge is -2.33. The fourth-order valence-electron chi connectivity index (χ4n) is 3.84. The predicted octanol–water partition coefficient (Wildman–Crippen LogP) is 3.59. The fourth-order valence-corrected chi connectivity index (χ4v) is 3.84. The first-order valence-electron chi connectivity index (χ1n) is 11.7. The van der Waals surface area contributed by atoms with Gasteiger partial charge in [0.05, 0.1) is 13.2 Å². The molecule has 0 unspecified atom stereocenters. The van der Waals surface area contributed by atoms with Gasteiger partial charge in [0.15, 0.2) is 5.96 Å². The van der Waals surface area contributed by atoms with Crippen LogP contribution in [0.15, 0.2) is 53.7 Å². The van der Waals surface area contributed by atoms with Crippen molar-refractivity contribution in [2.24, 2.45) is 10.9 Å². The summed E-state index contributed by atoms with van der Waals surface area (Å²) >= 11 is 0. The van der Waals surface area contributed by atoms with Gasteiger partial charge in [0.2, 0.25) is 5.88 Å². The van der Waals surface area contributed by atoms with Crippen molar-refractivity contribution in [3.63, 3.8) is 0 Å². The molecule has 2 heterocycles. The number of benzene rings is 1. The molecular weight excluding hydrogens is 386 g/mol. The van der Waals surface area contributed by atoms with Crippen molar-refractivity contribution >= 4 is 5.96 Å². The van der Waals surface area contributed by atoms with E-state index < -0.39 is 0 Å². The Balaban J connectivity index is 1.23. The van der Waals surface area contributed by atoms with Crippen LogP contribution < -0.4 is 15.4 Å². The highest BCUT2D eigenvalue weighted by atomic mass is 16.5. The second kappa shape index (κ2) is 11.1. The number of nitrogens with one attached hydrogen (secondary N) is 2. The Bertz CT molecular complexity index is 812. The molecule has 0 bridgehead atoms. The van der Waals surface area contributed by atoms with E-state index in [9.17, 15) is 0 Å². The SMILES string of the molecule is CCNC(=NCc1ccc(OCC2CC2)nc1)NC1CCN(Cc2ccccc2)CC1. The summed E-state index contributed by atoms with van der Waals surface area (Å²) < 4.78 is 5.72. The molecule has 0 spiro atoms. The zero-order valence-electron chi connectivity index (χ0n) is 18.6. The summed E-state index contributed by atoms with van der Waals surface area (Å²) in [4.78, 5) is 11.7. The smallest absolute Gasteiger partial charge is 0.213 e. The van der Waals surface area contributed by atoms with Crippen LogP contribution in [0.4, 0.5) is 0 Å². The lowest BCUT2D eigenvalue weighted by Crippen LogP contribution is -2.48. The molecule has 2 aromatic rings. The maximum absolute atomic E-state index is 5.72. The quantitative estimate of drug-likeness (QED) is 0.479. The van der Waals surface area contributed by atoms with Gasteiger partial charge >= 0.3 is 0 Å². The third-order valence-corrected chi connectivity index (χ3v) is 5.90. The number of pyridine rings is 1. The number of piperidine rings is 1. The van der Waals surface area contributed by atoms with Gasteiger partial charge in [-0.3, -0.25) is 4.90 Å². The van der Waals surface area contributed by atoms with Crippen molar-refractivity contribution in [3.05, 3.63) is 59.8 Å². The summed E-state index contributed by atoms with van der Waals surface area (Å²) in [5, 5.41) is 7.01. The summed E-state index contributed by atoms with van der Waals surface area (Å²) in [5.41, 5.74) is 2.48. The highest BCUT2D eigenvalue weighted by molar-refractivity contribution is 5.80. The van der Waals surface area contributed by atoms with Crippen LogP contribution in [-0.4, -0.2) is 48.1 Å². The Morgan fingerprint density at radius 2 is 1.87 bits per heavy atom. The number of hydrogen-bond donors (Lipinski definition) is 2. The molecule has 6 nitrogen and oxygen atoms in total. The van der Waals surface area contributed by atoms with E-state index in [1.807, 2.05) is 12.3 Å². The van der Waals surface area contributed by atoms with E-state index in [4.69, 9.17) is 9.73 Å². The van der Waals surface area contributed by atoms with Gasteiger partial charge in [0.1, 0.15) is 0 Å². The molecule has 1 saturated carbocycles. The van der Waals surface area contributed by atoms with Crippen LogP contribution in [0.2, 0.25) is 0 Å². The van der Waals surface area contributed by atoms with Gasteiger partial charge in [-0.2, -0.15) is 0 Å². The van der Waals surface area contributed by atoms with Gasteiger partial charge in [-0.05, 0) is 49.7 Å². The average Bonchev–Trinajstić information content (AvgIpc) is 3.64. The summed E-state index contributed by atoms with van der Waals surface area (Å²) in [5.74, 6) is 2.34. The molecule has 1 aliphatic carbocycles. The van der Waals surface area contributed by atoms with Crippen molar-refractivity contribution in [3.8, 4) is 5.88 Å². The molecule has 1 aromatic heterocycles. The molecule has 1 saturated heterocycles. The Morgan fingerprint density at radius 1 is 1.06 bits per heavy atom. The molecule has 2 N–H and O–H groups in total. The predicted molar refractivity (Wildman–Crippen MR) is 125 cm³/mol. The van der Waals surface area contributed by atoms with E-state index in [2.05, 4.69) is 63.8 Å². The molecule has 0 radical (unpaired) electrons. The standard InChI is InChI=1S/C25H35N5O/c1-2-26-25(28-17-22-10-11-24(27-16-22)31-19-21-8-9-21)29-23-12-14-30(15-13-23)18-20-6-4-3-5-7-20/h3-7,10-11,16,21,23H,2,8-9,12-15,17-19H2,1H3,(H2,26,28,29). The minimum absolute atomic E-state index is 0.459. The maximum Gasteiger partial charge on any atom is 0.213 e. The van der Waals surface area contributed by atoms with Gasteiger partial charge in [-0.1, -0.05) is 36.4 Å². The topological polar surface area (TPSA) is 61.8 Å². The first-order chi connectivity index (χ1) is 15.3. The Hall–Kier alpha value is -2.60. The third kappa shape index (κ3) is 7.24. The highest BCUT2D eigenvalue weighted by Crippen LogP contribution is 2.29. The monoisotopic (exact) mass is 421 g/mol. The third-order valence-electron chi connectivity index (χ3n) is 5.90. The van der Waals surface area contributed by atoms with E-state index in [1.54, 1.807) is 0 Å². The number of aromatic nitrogens is 1. The van der Waals surface area contributed by atoms with Gasteiger partial charge < -0.3 is 15.4 Å². The highest BCUT2D eigenvalue weighted by Gasteiger charge is 2.22. The van der Waals surface area contributed by atoms with E-state index in [-0.39, 0.29) is 0 Å². The summed E-state index contributed by atoms with van der Waals surface area (Å²) in [6.45, 7) is 7.62. The van der Waals surface area contributed by atoms with E-state index in [1.165, 1.54) is 18.4 Å². The second-order valence-electron chi connectivity index (χ2n) is 8.63. The molecule has 2 aliphatic rings. The molecule has 31 heavy (non-hydrogen) atoms. The number of ether oxygens (including phenoxy) is 1. The number of aliphatic imine (C=N–C) groups is 1. The van der Waals surface area contributed by atoms with Crippen LogP contribution in [0.5, 0.6) is 5.88 Å². The average molecular weight is 422 g/mol. The van der Waals surface area contributed by atoms with Crippen LogP contribution in [0.25, 0.3) is 0 Å². The van der Waals surface area contributed by atoms with Crippen LogP contribution >= 0.6 is 0 Å². The summed E-state index contributed by atoms with van der Waals surface area (Å²) in [7, 11) is 0. The van der Waals surface area contributed by atoms with E-state index in [0.29, 0.717) is 18.5 Å². The summed E-state index contributed by atoms with van der Waals surface area (Å²) in [6, 6.07) is 15.2. The number of nitrogens with zero attached hydrogens (tertiary/aromatic N) is 3. The number of guanidine groups is 1. The molecule has 166 valence electrons. The molecule has 6 heteroatoms. The van der Waals surface area contributed by atoms with E-state index in [0.717, 1.165) is 63.1 Å². The zero-order chi connectivity index (χ0) is 21.3. The Kier molecular flexibility index (Phi) is 7.77. The number of hydrogen-bond acceptors (Lipinski definition) is 4. The molecule has 4 rings (SSSR count). The molecule has 2 fully saturated rings. The first kappa shape index (κ1) is 21.6. The van der Waals surface area contributed by atoms with Crippen molar-refractivity contribution < 1.29 is 4.74 Å². The zero-order valence-corrected chi connectivity index (χ0v) is 18.6.